The Balaban J connectivity index is 1.99. The van der Waals surface area contributed by atoms with Gasteiger partial charge in [0.2, 0.25) is 11.7 Å². The van der Waals surface area contributed by atoms with Gasteiger partial charge in [0.1, 0.15) is 11.0 Å². The minimum Gasteiger partial charge on any atom is -0.475 e. The molecule has 1 aromatic heterocycles. The Labute approximate surface area is 136 Å². The highest BCUT2D eigenvalue weighted by Gasteiger charge is 2.22. The maximum atomic E-state index is 12.3. The number of carbonyl (C=O) groups is 2. The van der Waals surface area contributed by atoms with E-state index in [-0.39, 0.29) is 23.2 Å². The molecule has 0 fully saturated rings. The smallest absolute Gasteiger partial charge is 0.371 e. The van der Waals surface area contributed by atoms with Crippen molar-refractivity contribution in [2.24, 2.45) is 0 Å². The van der Waals surface area contributed by atoms with Gasteiger partial charge in [-0.3, -0.25) is 9.00 Å². The molecule has 122 valence electrons. The monoisotopic (exact) mass is 335 g/mol. The number of amides is 1. The van der Waals surface area contributed by atoms with Crippen LogP contribution in [0.25, 0.3) is 0 Å². The quantitative estimate of drug-likeness (QED) is 0.845. The van der Waals surface area contributed by atoms with Crippen molar-refractivity contribution in [3.8, 4) is 0 Å². The molecule has 2 atom stereocenters. The van der Waals surface area contributed by atoms with Crippen LogP contribution in [0.5, 0.6) is 0 Å². The summed E-state index contributed by atoms with van der Waals surface area (Å²) in [6, 6.07) is 10.1. The van der Waals surface area contributed by atoms with E-state index in [1.807, 2.05) is 19.1 Å². The summed E-state index contributed by atoms with van der Waals surface area (Å²) in [5.41, 5.74) is 1.59. The second-order valence-electron chi connectivity index (χ2n) is 5.04. The topological polar surface area (TPSA) is 96.6 Å². The maximum absolute atomic E-state index is 12.3. The van der Waals surface area contributed by atoms with Crippen LogP contribution in [-0.4, -0.2) is 26.4 Å². The summed E-state index contributed by atoms with van der Waals surface area (Å²) < 4.78 is 17.3. The SMILES string of the molecule is Cc1ccccc1NC(=O)C(C)S(=O)Cc1ccc(C(=O)O)o1. The molecule has 0 aliphatic heterocycles. The van der Waals surface area contributed by atoms with Crippen LogP contribution >= 0.6 is 0 Å². The number of carboxylic acids is 1. The van der Waals surface area contributed by atoms with Crippen LogP contribution in [0.1, 0.15) is 28.8 Å². The molecule has 0 spiro atoms. The molecule has 0 aliphatic rings. The highest BCUT2D eigenvalue weighted by atomic mass is 32.2. The number of carbonyl (C=O) groups excluding carboxylic acids is 1. The van der Waals surface area contributed by atoms with Crippen molar-refractivity contribution < 1.29 is 23.3 Å². The van der Waals surface area contributed by atoms with Crippen molar-refractivity contribution in [1.82, 2.24) is 0 Å². The van der Waals surface area contributed by atoms with Gasteiger partial charge < -0.3 is 14.8 Å². The predicted octanol–water partition coefficient (Wildman–Crippen LogP) is 2.56. The van der Waals surface area contributed by atoms with Crippen molar-refractivity contribution >= 4 is 28.4 Å². The molecule has 1 aromatic carbocycles. The van der Waals surface area contributed by atoms with Crippen LogP contribution in [0.15, 0.2) is 40.8 Å². The lowest BCUT2D eigenvalue weighted by molar-refractivity contribution is -0.115. The molecule has 0 saturated heterocycles. The first-order valence-electron chi connectivity index (χ1n) is 6.94. The van der Waals surface area contributed by atoms with Gasteiger partial charge in [0.15, 0.2) is 0 Å². The average Bonchev–Trinajstić information content (AvgIpc) is 2.97. The fourth-order valence-corrected chi connectivity index (χ4v) is 2.89. The molecule has 0 aliphatic carbocycles. The highest BCUT2D eigenvalue weighted by molar-refractivity contribution is 7.85. The minimum absolute atomic E-state index is 0.0182. The number of para-hydroxylation sites is 1. The van der Waals surface area contributed by atoms with Crippen LogP contribution in [-0.2, 0) is 21.3 Å². The summed E-state index contributed by atoms with van der Waals surface area (Å²) in [7, 11) is -1.52. The molecule has 6 nitrogen and oxygen atoms in total. The summed E-state index contributed by atoms with van der Waals surface area (Å²) in [6.45, 7) is 3.43. The number of aryl methyl sites for hydroxylation is 1. The zero-order chi connectivity index (χ0) is 17.0. The largest absolute Gasteiger partial charge is 0.475 e. The van der Waals surface area contributed by atoms with Crippen molar-refractivity contribution in [3.63, 3.8) is 0 Å². The molecule has 7 heteroatoms. The number of nitrogens with one attached hydrogen (secondary N) is 1. The van der Waals surface area contributed by atoms with E-state index in [9.17, 15) is 13.8 Å². The van der Waals surface area contributed by atoms with Gasteiger partial charge in [-0.1, -0.05) is 18.2 Å². The number of aromatic carboxylic acids is 1. The molecule has 0 saturated carbocycles. The van der Waals surface area contributed by atoms with Crippen LogP contribution in [0.3, 0.4) is 0 Å². The van der Waals surface area contributed by atoms with E-state index in [1.54, 1.807) is 19.1 Å². The van der Waals surface area contributed by atoms with Gasteiger partial charge >= 0.3 is 5.97 Å². The van der Waals surface area contributed by atoms with E-state index in [4.69, 9.17) is 9.52 Å². The van der Waals surface area contributed by atoms with Crippen LogP contribution < -0.4 is 5.32 Å². The van der Waals surface area contributed by atoms with E-state index in [2.05, 4.69) is 5.32 Å². The first kappa shape index (κ1) is 17.0. The van der Waals surface area contributed by atoms with Crippen LogP contribution in [0.2, 0.25) is 0 Å². The minimum atomic E-state index is -1.52. The van der Waals surface area contributed by atoms with Gasteiger partial charge in [-0.2, -0.15) is 0 Å². The Morgan fingerprint density at radius 2 is 1.96 bits per heavy atom. The summed E-state index contributed by atoms with van der Waals surface area (Å²) in [5, 5.41) is 10.8. The van der Waals surface area contributed by atoms with Gasteiger partial charge in [0.05, 0.1) is 5.75 Å². The third-order valence-corrected chi connectivity index (χ3v) is 4.90. The number of carboxylic acid groups (broad SMARTS) is 1. The molecule has 23 heavy (non-hydrogen) atoms. The number of rotatable bonds is 6. The van der Waals surface area contributed by atoms with Crippen molar-refractivity contribution in [2.75, 3.05) is 5.32 Å². The Morgan fingerprint density at radius 1 is 1.26 bits per heavy atom. The molecule has 2 aromatic rings. The van der Waals surface area contributed by atoms with Crippen molar-refractivity contribution in [3.05, 3.63) is 53.5 Å². The molecule has 0 bridgehead atoms. The zero-order valence-corrected chi connectivity index (χ0v) is 13.6. The van der Waals surface area contributed by atoms with E-state index in [0.717, 1.165) is 5.56 Å². The maximum Gasteiger partial charge on any atom is 0.371 e. The van der Waals surface area contributed by atoms with E-state index >= 15 is 0 Å². The van der Waals surface area contributed by atoms with Gasteiger partial charge in [-0.15, -0.1) is 0 Å². The van der Waals surface area contributed by atoms with E-state index < -0.39 is 22.0 Å². The normalized spacial score (nSPS) is 13.3. The van der Waals surface area contributed by atoms with Gasteiger partial charge in [0, 0.05) is 16.5 Å². The summed E-state index contributed by atoms with van der Waals surface area (Å²) in [4.78, 5) is 22.9. The van der Waals surface area contributed by atoms with E-state index in [1.165, 1.54) is 12.1 Å². The molecule has 2 rings (SSSR count). The van der Waals surface area contributed by atoms with Crippen molar-refractivity contribution in [1.29, 1.82) is 0 Å². The Bertz CT molecular complexity index is 752. The second-order valence-corrected chi connectivity index (χ2v) is 6.80. The first-order chi connectivity index (χ1) is 10.9. The number of hydrogen-bond acceptors (Lipinski definition) is 4. The summed E-state index contributed by atoms with van der Waals surface area (Å²) >= 11 is 0. The molecule has 2 N–H and O–H groups in total. The standard InChI is InChI=1S/C16H17NO5S/c1-10-5-3-4-6-13(10)17-15(18)11(2)23(21)9-12-7-8-14(22-12)16(19)20/h3-8,11H,9H2,1-2H3,(H,17,18)(H,19,20). The first-order valence-corrected chi connectivity index (χ1v) is 8.32. The molecular formula is C16H17NO5S. The lowest BCUT2D eigenvalue weighted by Crippen LogP contribution is -2.30. The zero-order valence-electron chi connectivity index (χ0n) is 12.7. The molecule has 1 heterocycles. The second kappa shape index (κ2) is 7.23. The van der Waals surface area contributed by atoms with E-state index in [0.29, 0.717) is 5.69 Å². The summed E-state index contributed by atoms with van der Waals surface area (Å²) in [6.07, 6.45) is 0. The Hall–Kier alpha value is -2.41. The predicted molar refractivity (Wildman–Crippen MR) is 86.8 cm³/mol. The number of hydrogen-bond donors (Lipinski definition) is 2. The highest BCUT2D eigenvalue weighted by Crippen LogP contribution is 2.16. The molecule has 0 radical (unpaired) electrons. The fourth-order valence-electron chi connectivity index (χ4n) is 1.90. The lowest BCUT2D eigenvalue weighted by atomic mass is 10.2. The average molecular weight is 335 g/mol. The Morgan fingerprint density at radius 3 is 2.57 bits per heavy atom. The Kier molecular flexibility index (Phi) is 5.33. The van der Waals surface area contributed by atoms with Crippen LogP contribution in [0.4, 0.5) is 5.69 Å². The molecule has 1 amide bonds. The third kappa shape index (κ3) is 4.29. The lowest BCUT2D eigenvalue weighted by Gasteiger charge is -2.13. The van der Waals surface area contributed by atoms with Crippen molar-refractivity contribution in [2.45, 2.75) is 24.9 Å². The van der Waals surface area contributed by atoms with Gasteiger partial charge in [0.25, 0.3) is 0 Å². The molecule has 2 unspecified atom stereocenters. The molecular weight excluding hydrogens is 318 g/mol. The van der Waals surface area contributed by atoms with Crippen LogP contribution in [0, 0.1) is 6.92 Å². The summed E-state index contributed by atoms with van der Waals surface area (Å²) in [5.74, 6) is -1.50. The number of anilines is 1. The van der Waals surface area contributed by atoms with Gasteiger partial charge in [-0.25, -0.2) is 4.79 Å². The third-order valence-electron chi connectivity index (χ3n) is 3.32. The number of benzene rings is 1. The fraction of sp³-hybridized carbons (Fsp3) is 0.250. The number of furan rings is 1. The van der Waals surface area contributed by atoms with Gasteiger partial charge in [-0.05, 0) is 37.6 Å².